The van der Waals surface area contributed by atoms with Gasteiger partial charge in [0.05, 0.1) is 24.1 Å². The summed E-state index contributed by atoms with van der Waals surface area (Å²) in [7, 11) is 1.36. The molecule has 3 aromatic rings. The molecule has 1 aromatic heterocycles. The van der Waals surface area contributed by atoms with Gasteiger partial charge in [0.1, 0.15) is 0 Å². The second-order valence-electron chi connectivity index (χ2n) is 4.75. The largest absolute Gasteiger partial charge is 0.468 e. The molecule has 1 heterocycles. The van der Waals surface area contributed by atoms with Gasteiger partial charge < -0.3 is 4.74 Å². The van der Waals surface area contributed by atoms with Gasteiger partial charge in [0.25, 0.3) is 0 Å². The van der Waals surface area contributed by atoms with Crippen LogP contribution in [0.2, 0.25) is 5.02 Å². The zero-order chi connectivity index (χ0) is 16.2. The number of carbonyl (C=O) groups is 1. The highest BCUT2D eigenvalue weighted by Crippen LogP contribution is 2.30. The van der Waals surface area contributed by atoms with Gasteiger partial charge in [-0.05, 0) is 18.2 Å². The van der Waals surface area contributed by atoms with Crippen LogP contribution in [0.1, 0.15) is 0 Å². The zero-order valence-corrected chi connectivity index (χ0v) is 13.9. The molecule has 6 heteroatoms. The van der Waals surface area contributed by atoms with Gasteiger partial charge >= 0.3 is 5.97 Å². The first-order chi connectivity index (χ1) is 11.2. The van der Waals surface area contributed by atoms with E-state index in [9.17, 15) is 4.79 Å². The third-order valence-electron chi connectivity index (χ3n) is 3.23. The number of ether oxygens (including phenoxy) is 1. The first-order valence-corrected chi connectivity index (χ1v) is 8.26. The first-order valence-electron chi connectivity index (χ1n) is 6.89. The highest BCUT2D eigenvalue weighted by Gasteiger charge is 2.12. The molecule has 0 saturated heterocycles. The smallest absolute Gasteiger partial charge is 0.316 e. The van der Waals surface area contributed by atoms with E-state index in [4.69, 9.17) is 11.6 Å². The van der Waals surface area contributed by atoms with Crippen molar-refractivity contribution < 1.29 is 9.53 Å². The number of carbonyl (C=O) groups excluding carboxylic acids is 1. The van der Waals surface area contributed by atoms with Gasteiger partial charge in [0.15, 0.2) is 5.16 Å². The predicted octanol–water partition coefficient (Wildman–Crippen LogP) is 4.22. The highest BCUT2D eigenvalue weighted by molar-refractivity contribution is 7.99. The van der Waals surface area contributed by atoms with Crippen LogP contribution in [0.5, 0.6) is 0 Å². The molecule has 3 rings (SSSR count). The number of benzene rings is 2. The van der Waals surface area contributed by atoms with Crippen molar-refractivity contribution in [3.05, 3.63) is 53.6 Å². The Hall–Kier alpha value is -2.11. The number of esters is 1. The zero-order valence-electron chi connectivity index (χ0n) is 12.3. The van der Waals surface area contributed by atoms with E-state index in [0.717, 1.165) is 22.2 Å². The maximum atomic E-state index is 11.3. The number of hydrogen-bond donors (Lipinski definition) is 0. The molecule has 0 fully saturated rings. The number of halogens is 1. The van der Waals surface area contributed by atoms with Gasteiger partial charge in [-0.3, -0.25) is 4.79 Å². The summed E-state index contributed by atoms with van der Waals surface area (Å²) in [6.07, 6.45) is 0. The monoisotopic (exact) mass is 344 g/mol. The predicted molar refractivity (Wildman–Crippen MR) is 92.7 cm³/mol. The number of aromatic nitrogens is 2. The number of thioether (sulfide) groups is 1. The average molecular weight is 345 g/mol. The number of hydrogen-bond acceptors (Lipinski definition) is 5. The molecule has 0 amide bonds. The summed E-state index contributed by atoms with van der Waals surface area (Å²) in [6, 6.07) is 15.3. The van der Waals surface area contributed by atoms with Crippen molar-refractivity contribution in [1.29, 1.82) is 0 Å². The Morgan fingerprint density at radius 3 is 2.70 bits per heavy atom. The fourth-order valence-corrected chi connectivity index (χ4v) is 3.00. The summed E-state index contributed by atoms with van der Waals surface area (Å²) in [4.78, 5) is 20.4. The highest BCUT2D eigenvalue weighted by atomic mass is 35.5. The van der Waals surface area contributed by atoms with Crippen LogP contribution in [0.15, 0.2) is 53.7 Å². The fourth-order valence-electron chi connectivity index (χ4n) is 2.14. The van der Waals surface area contributed by atoms with E-state index in [1.165, 1.54) is 18.9 Å². The normalized spacial score (nSPS) is 10.7. The summed E-state index contributed by atoms with van der Waals surface area (Å²) < 4.78 is 4.66. The molecule has 0 radical (unpaired) electrons. The standard InChI is InChI=1S/C17H13ClN2O2S/c1-22-15(21)10-23-17-19-14-8-7-12(18)9-13(14)16(20-17)11-5-3-2-4-6-11/h2-9H,10H2,1H3. The third kappa shape index (κ3) is 3.63. The minimum absolute atomic E-state index is 0.170. The minimum Gasteiger partial charge on any atom is -0.468 e. The molecule has 0 aliphatic heterocycles. The maximum Gasteiger partial charge on any atom is 0.316 e. The van der Waals surface area contributed by atoms with Crippen LogP contribution < -0.4 is 0 Å². The molecule has 0 saturated carbocycles. The number of methoxy groups -OCH3 is 1. The summed E-state index contributed by atoms with van der Waals surface area (Å²) in [5.41, 5.74) is 2.56. The Balaban J connectivity index is 2.11. The Morgan fingerprint density at radius 2 is 1.96 bits per heavy atom. The second-order valence-corrected chi connectivity index (χ2v) is 6.13. The van der Waals surface area contributed by atoms with E-state index < -0.39 is 0 Å². The van der Waals surface area contributed by atoms with Crippen molar-refractivity contribution in [2.75, 3.05) is 12.9 Å². The lowest BCUT2D eigenvalue weighted by Gasteiger charge is -2.09. The van der Waals surface area contributed by atoms with Gasteiger partial charge in [0, 0.05) is 16.0 Å². The molecule has 0 aliphatic rings. The van der Waals surface area contributed by atoms with Crippen LogP contribution in [0.4, 0.5) is 0 Å². The second kappa shape index (κ2) is 6.98. The maximum absolute atomic E-state index is 11.3. The van der Waals surface area contributed by atoms with E-state index in [-0.39, 0.29) is 11.7 Å². The molecule has 0 aliphatic carbocycles. The van der Waals surface area contributed by atoms with Crippen LogP contribution >= 0.6 is 23.4 Å². The van der Waals surface area contributed by atoms with Crippen LogP contribution in [0.25, 0.3) is 22.2 Å². The SMILES string of the molecule is COC(=O)CSc1nc(-c2ccccc2)c2cc(Cl)ccc2n1. The summed E-state index contributed by atoms with van der Waals surface area (Å²) in [5, 5.41) is 2.04. The number of rotatable bonds is 4. The van der Waals surface area contributed by atoms with E-state index in [0.29, 0.717) is 10.2 Å². The lowest BCUT2D eigenvalue weighted by Crippen LogP contribution is -2.04. The average Bonchev–Trinajstić information content (AvgIpc) is 2.59. The minimum atomic E-state index is -0.309. The van der Waals surface area contributed by atoms with E-state index in [1.807, 2.05) is 42.5 Å². The van der Waals surface area contributed by atoms with Crippen LogP contribution in [0, 0.1) is 0 Å². The van der Waals surface area contributed by atoms with Crippen LogP contribution in [-0.2, 0) is 9.53 Å². The molecule has 0 bridgehead atoms. The lowest BCUT2D eigenvalue weighted by atomic mass is 10.1. The first kappa shape index (κ1) is 15.8. The van der Waals surface area contributed by atoms with Crippen LogP contribution in [0.3, 0.4) is 0 Å². The molecule has 2 aromatic carbocycles. The van der Waals surface area contributed by atoms with Gasteiger partial charge in [-0.25, -0.2) is 9.97 Å². The summed E-state index contributed by atoms with van der Waals surface area (Å²) >= 11 is 7.37. The van der Waals surface area contributed by atoms with Crippen molar-refractivity contribution in [1.82, 2.24) is 9.97 Å². The molecule has 23 heavy (non-hydrogen) atoms. The van der Waals surface area contributed by atoms with Gasteiger partial charge in [-0.1, -0.05) is 53.7 Å². The molecule has 4 nitrogen and oxygen atoms in total. The molecule has 0 N–H and O–H groups in total. The summed E-state index contributed by atoms with van der Waals surface area (Å²) in [5.74, 6) is -0.139. The molecular weight excluding hydrogens is 332 g/mol. The van der Waals surface area contributed by atoms with Crippen LogP contribution in [-0.4, -0.2) is 28.8 Å². The van der Waals surface area contributed by atoms with Crippen molar-refractivity contribution in [3.63, 3.8) is 0 Å². The fraction of sp³-hybridized carbons (Fsp3) is 0.118. The molecular formula is C17H13ClN2O2S. The number of nitrogens with zero attached hydrogens (tertiary/aromatic N) is 2. The van der Waals surface area contributed by atoms with Gasteiger partial charge in [-0.15, -0.1) is 0 Å². The van der Waals surface area contributed by atoms with Crippen molar-refractivity contribution in [3.8, 4) is 11.3 Å². The van der Waals surface area contributed by atoms with Gasteiger partial charge in [0.2, 0.25) is 0 Å². The van der Waals surface area contributed by atoms with Crippen molar-refractivity contribution in [2.45, 2.75) is 5.16 Å². The van der Waals surface area contributed by atoms with Gasteiger partial charge in [-0.2, -0.15) is 0 Å². The van der Waals surface area contributed by atoms with E-state index in [2.05, 4.69) is 14.7 Å². The molecule has 0 atom stereocenters. The Labute approximate surface area is 142 Å². The molecule has 0 unspecified atom stereocenters. The Kier molecular flexibility index (Phi) is 4.79. The molecule has 116 valence electrons. The Morgan fingerprint density at radius 1 is 1.17 bits per heavy atom. The Bertz CT molecular complexity index is 856. The lowest BCUT2D eigenvalue weighted by molar-refractivity contribution is -0.137. The van der Waals surface area contributed by atoms with E-state index in [1.54, 1.807) is 6.07 Å². The van der Waals surface area contributed by atoms with Crippen molar-refractivity contribution in [2.24, 2.45) is 0 Å². The molecule has 0 spiro atoms. The van der Waals surface area contributed by atoms with Crippen molar-refractivity contribution >= 4 is 40.2 Å². The van der Waals surface area contributed by atoms with E-state index >= 15 is 0 Å². The summed E-state index contributed by atoms with van der Waals surface area (Å²) in [6.45, 7) is 0. The number of fused-ring (bicyclic) bond motifs is 1. The quantitative estimate of drug-likeness (QED) is 0.403. The third-order valence-corrected chi connectivity index (χ3v) is 4.29. The topological polar surface area (TPSA) is 52.1 Å².